The number of nitrogens with one attached hydrogen (secondary N) is 1. The molecule has 1 saturated carbocycles. The van der Waals surface area contributed by atoms with E-state index in [2.05, 4.69) is 10.4 Å². The van der Waals surface area contributed by atoms with Crippen molar-refractivity contribution in [1.82, 2.24) is 9.78 Å². The summed E-state index contributed by atoms with van der Waals surface area (Å²) in [6, 6.07) is 12.2. The summed E-state index contributed by atoms with van der Waals surface area (Å²) in [6.45, 7) is 0. The maximum Gasteiger partial charge on any atom is 0.356 e. The van der Waals surface area contributed by atoms with Crippen molar-refractivity contribution in [3.05, 3.63) is 66.4 Å². The van der Waals surface area contributed by atoms with Gasteiger partial charge in [-0.05, 0) is 36.8 Å². The lowest BCUT2D eigenvalue weighted by molar-refractivity contribution is -0.117. The second kappa shape index (κ2) is 5.94. The third kappa shape index (κ3) is 2.91. The van der Waals surface area contributed by atoms with Crippen molar-refractivity contribution in [2.75, 3.05) is 5.32 Å². The molecule has 2 atom stereocenters. The van der Waals surface area contributed by atoms with Crippen LogP contribution in [0.15, 0.2) is 59.3 Å². The van der Waals surface area contributed by atoms with Gasteiger partial charge in [0.15, 0.2) is 5.69 Å². The van der Waals surface area contributed by atoms with Gasteiger partial charge in [0.1, 0.15) is 5.76 Å². The summed E-state index contributed by atoms with van der Waals surface area (Å²) in [5.41, 5.74) is 1.14. The minimum absolute atomic E-state index is 0.0544. The van der Waals surface area contributed by atoms with Crippen LogP contribution in [-0.2, 0) is 4.79 Å². The number of hydrogen-bond acceptors (Lipinski definition) is 4. The number of furan rings is 1. The second-order valence-corrected chi connectivity index (χ2v) is 5.92. The summed E-state index contributed by atoms with van der Waals surface area (Å²) >= 11 is 0. The van der Waals surface area contributed by atoms with Crippen molar-refractivity contribution < 1.29 is 19.1 Å². The Bertz CT molecular complexity index is 929. The number of aromatic carboxylic acids is 1. The number of para-hydroxylation sites is 2. The normalized spacial score (nSPS) is 18.7. The van der Waals surface area contributed by atoms with Gasteiger partial charge in [-0.25, -0.2) is 9.48 Å². The van der Waals surface area contributed by atoms with E-state index >= 15 is 0 Å². The SMILES string of the molecule is O=C(O)c1ccn(-c2ccccc2NC(=O)[C@H]2C[C@H]2c2ccco2)n1. The lowest BCUT2D eigenvalue weighted by atomic mass is 10.2. The molecule has 126 valence electrons. The molecule has 1 aromatic carbocycles. The van der Waals surface area contributed by atoms with Gasteiger partial charge in [0, 0.05) is 18.0 Å². The Morgan fingerprint density at radius 2 is 2.04 bits per heavy atom. The van der Waals surface area contributed by atoms with E-state index in [0.717, 1.165) is 12.2 Å². The van der Waals surface area contributed by atoms with Crippen LogP contribution in [0.1, 0.15) is 28.6 Å². The van der Waals surface area contributed by atoms with Gasteiger partial charge in [-0.15, -0.1) is 0 Å². The van der Waals surface area contributed by atoms with E-state index in [1.807, 2.05) is 12.1 Å². The molecule has 0 radical (unpaired) electrons. The average molecular weight is 337 g/mol. The summed E-state index contributed by atoms with van der Waals surface area (Å²) in [5.74, 6) is -0.359. The van der Waals surface area contributed by atoms with Gasteiger partial charge in [0.2, 0.25) is 5.91 Å². The zero-order chi connectivity index (χ0) is 17.4. The number of carboxylic acid groups (broad SMARTS) is 1. The first-order valence-electron chi connectivity index (χ1n) is 7.86. The predicted octanol–water partition coefficient (Wildman–Crippen LogP) is 2.91. The number of rotatable bonds is 5. The van der Waals surface area contributed by atoms with Gasteiger partial charge in [-0.2, -0.15) is 5.10 Å². The first-order valence-corrected chi connectivity index (χ1v) is 7.86. The number of nitrogens with zero attached hydrogens (tertiary/aromatic N) is 2. The smallest absolute Gasteiger partial charge is 0.356 e. The number of benzene rings is 1. The number of anilines is 1. The Morgan fingerprint density at radius 3 is 2.76 bits per heavy atom. The molecule has 3 aromatic rings. The summed E-state index contributed by atoms with van der Waals surface area (Å²) in [6.07, 6.45) is 3.92. The largest absolute Gasteiger partial charge is 0.476 e. The molecular formula is C18H15N3O4. The zero-order valence-corrected chi connectivity index (χ0v) is 13.1. The zero-order valence-electron chi connectivity index (χ0n) is 13.1. The van der Waals surface area contributed by atoms with E-state index in [4.69, 9.17) is 9.52 Å². The maximum absolute atomic E-state index is 12.5. The fourth-order valence-corrected chi connectivity index (χ4v) is 2.88. The first kappa shape index (κ1) is 15.2. The molecule has 4 rings (SSSR count). The summed E-state index contributed by atoms with van der Waals surface area (Å²) < 4.78 is 6.80. The second-order valence-electron chi connectivity index (χ2n) is 5.92. The number of hydrogen-bond donors (Lipinski definition) is 2. The van der Waals surface area contributed by atoms with Crippen LogP contribution in [-0.4, -0.2) is 26.8 Å². The molecular weight excluding hydrogens is 322 g/mol. The van der Waals surface area contributed by atoms with Gasteiger partial charge >= 0.3 is 5.97 Å². The molecule has 2 aromatic heterocycles. The summed E-state index contributed by atoms with van der Waals surface area (Å²) in [5, 5.41) is 15.9. The van der Waals surface area contributed by atoms with E-state index in [1.54, 1.807) is 36.7 Å². The molecule has 0 unspecified atom stereocenters. The molecule has 2 heterocycles. The van der Waals surface area contributed by atoms with Crippen molar-refractivity contribution in [2.45, 2.75) is 12.3 Å². The molecule has 0 bridgehead atoms. The van der Waals surface area contributed by atoms with E-state index in [-0.39, 0.29) is 23.4 Å². The van der Waals surface area contributed by atoms with E-state index in [9.17, 15) is 9.59 Å². The lowest BCUT2D eigenvalue weighted by Gasteiger charge is -2.11. The minimum atomic E-state index is -1.10. The van der Waals surface area contributed by atoms with Crippen molar-refractivity contribution in [3.8, 4) is 5.69 Å². The fraction of sp³-hybridized carbons (Fsp3) is 0.167. The Labute approximate surface area is 142 Å². The van der Waals surface area contributed by atoms with Crippen molar-refractivity contribution >= 4 is 17.6 Å². The highest BCUT2D eigenvalue weighted by Crippen LogP contribution is 2.48. The molecule has 1 aliphatic carbocycles. The summed E-state index contributed by atoms with van der Waals surface area (Å²) in [7, 11) is 0. The average Bonchev–Trinajstić information content (AvgIpc) is 3.02. The van der Waals surface area contributed by atoms with Gasteiger partial charge in [0.25, 0.3) is 0 Å². The standard InChI is InChI=1S/C18H15N3O4/c22-17(12-10-11(12)16-6-3-9-25-16)19-13-4-1-2-5-15(13)21-8-7-14(20-21)18(23)24/h1-9,11-12H,10H2,(H,19,22)(H,23,24)/t11-,12+/m1/s1. The number of aromatic nitrogens is 2. The van der Waals surface area contributed by atoms with Crippen LogP contribution >= 0.6 is 0 Å². The third-order valence-corrected chi connectivity index (χ3v) is 4.25. The Hall–Kier alpha value is -3.35. The molecule has 0 spiro atoms. The quantitative estimate of drug-likeness (QED) is 0.746. The fourth-order valence-electron chi connectivity index (χ4n) is 2.88. The molecule has 25 heavy (non-hydrogen) atoms. The van der Waals surface area contributed by atoms with Crippen LogP contribution in [0, 0.1) is 5.92 Å². The van der Waals surface area contributed by atoms with Crippen LogP contribution < -0.4 is 5.32 Å². The number of amides is 1. The first-order chi connectivity index (χ1) is 12.1. The molecule has 7 nitrogen and oxygen atoms in total. The highest BCUT2D eigenvalue weighted by molar-refractivity contribution is 5.96. The Balaban J connectivity index is 1.53. The minimum Gasteiger partial charge on any atom is -0.476 e. The maximum atomic E-state index is 12.5. The van der Waals surface area contributed by atoms with Gasteiger partial charge < -0.3 is 14.8 Å². The highest BCUT2D eigenvalue weighted by Gasteiger charge is 2.45. The number of carbonyl (C=O) groups excluding carboxylic acids is 1. The molecule has 1 fully saturated rings. The van der Waals surface area contributed by atoms with Gasteiger partial charge in [0.05, 0.1) is 17.6 Å². The molecule has 1 aliphatic rings. The molecule has 0 saturated heterocycles. The van der Waals surface area contributed by atoms with E-state index < -0.39 is 5.97 Å². The van der Waals surface area contributed by atoms with Crippen LogP contribution in [0.4, 0.5) is 5.69 Å². The monoisotopic (exact) mass is 337 g/mol. The van der Waals surface area contributed by atoms with Crippen molar-refractivity contribution in [2.24, 2.45) is 5.92 Å². The topological polar surface area (TPSA) is 97.4 Å². The van der Waals surface area contributed by atoms with Crippen molar-refractivity contribution in [1.29, 1.82) is 0 Å². The van der Waals surface area contributed by atoms with Crippen LogP contribution in [0.5, 0.6) is 0 Å². The van der Waals surface area contributed by atoms with Crippen LogP contribution in [0.2, 0.25) is 0 Å². The van der Waals surface area contributed by atoms with Crippen LogP contribution in [0.3, 0.4) is 0 Å². The molecule has 7 heteroatoms. The van der Waals surface area contributed by atoms with Crippen LogP contribution in [0.25, 0.3) is 5.69 Å². The highest BCUT2D eigenvalue weighted by atomic mass is 16.4. The lowest BCUT2D eigenvalue weighted by Crippen LogP contribution is -2.16. The molecule has 2 N–H and O–H groups in total. The predicted molar refractivity (Wildman–Crippen MR) is 88.7 cm³/mol. The van der Waals surface area contributed by atoms with Gasteiger partial charge in [-0.1, -0.05) is 12.1 Å². The Kier molecular flexibility index (Phi) is 3.61. The number of carboxylic acids is 1. The number of carbonyl (C=O) groups is 2. The third-order valence-electron chi connectivity index (χ3n) is 4.25. The Morgan fingerprint density at radius 1 is 1.20 bits per heavy atom. The summed E-state index contributed by atoms with van der Waals surface area (Å²) in [4.78, 5) is 23.5. The van der Waals surface area contributed by atoms with E-state index in [1.165, 1.54) is 10.7 Å². The van der Waals surface area contributed by atoms with Crippen molar-refractivity contribution in [3.63, 3.8) is 0 Å². The molecule has 1 amide bonds. The van der Waals surface area contributed by atoms with Gasteiger partial charge in [-0.3, -0.25) is 4.79 Å². The van der Waals surface area contributed by atoms with E-state index in [0.29, 0.717) is 11.4 Å². The molecule has 0 aliphatic heterocycles.